The third-order valence-electron chi connectivity index (χ3n) is 8.76. The van der Waals surface area contributed by atoms with Crippen LogP contribution in [0.2, 0.25) is 10.0 Å². The second-order valence-corrected chi connectivity index (χ2v) is 13.3. The van der Waals surface area contributed by atoms with Crippen molar-refractivity contribution < 1.29 is 14.3 Å². The van der Waals surface area contributed by atoms with E-state index in [0.717, 1.165) is 42.6 Å². The number of ether oxygens (including phenoxy) is 1. The molecule has 0 N–H and O–H groups in total. The maximum atomic E-state index is 13.6. The van der Waals surface area contributed by atoms with Gasteiger partial charge in [0.05, 0.1) is 22.2 Å². The number of carbonyl (C=O) groups excluding carboxylic acids is 2. The summed E-state index contributed by atoms with van der Waals surface area (Å²) in [4.78, 5) is 33.4. The van der Waals surface area contributed by atoms with Gasteiger partial charge in [-0.3, -0.25) is 14.5 Å². The summed E-state index contributed by atoms with van der Waals surface area (Å²) in [6, 6.07) is 13.7. The third-order valence-corrected chi connectivity index (χ3v) is 10.2. The fourth-order valence-corrected chi connectivity index (χ4v) is 7.79. The number of aryl methyl sites for hydroxylation is 2. The van der Waals surface area contributed by atoms with Crippen molar-refractivity contribution in [2.24, 2.45) is 5.92 Å². The monoisotopic (exact) mass is 611 g/mol. The van der Waals surface area contributed by atoms with E-state index in [2.05, 4.69) is 27.8 Å². The van der Waals surface area contributed by atoms with E-state index in [-0.39, 0.29) is 30.6 Å². The van der Waals surface area contributed by atoms with Gasteiger partial charge in [-0.1, -0.05) is 46.5 Å². The molecule has 0 spiro atoms. The van der Waals surface area contributed by atoms with Crippen molar-refractivity contribution >= 4 is 46.4 Å². The van der Waals surface area contributed by atoms with Gasteiger partial charge in [0.25, 0.3) is 5.91 Å². The lowest BCUT2D eigenvalue weighted by molar-refractivity contribution is -0.144. The first-order valence-corrected chi connectivity index (χ1v) is 15.9. The molecule has 0 radical (unpaired) electrons. The topological polar surface area (TPSA) is 53.1 Å². The van der Waals surface area contributed by atoms with Gasteiger partial charge >= 0.3 is 0 Å². The van der Waals surface area contributed by atoms with Crippen LogP contribution in [0.3, 0.4) is 0 Å². The van der Waals surface area contributed by atoms with E-state index in [9.17, 15) is 9.59 Å². The van der Waals surface area contributed by atoms with Crippen LogP contribution in [0.25, 0.3) is 0 Å². The number of hydrogen-bond donors (Lipinski definition) is 0. The fourth-order valence-electron chi connectivity index (χ4n) is 6.83. The molecule has 1 saturated carbocycles. The lowest BCUT2D eigenvalue weighted by Crippen LogP contribution is -2.53. The van der Waals surface area contributed by atoms with Crippen LogP contribution in [0.15, 0.2) is 53.2 Å². The molecule has 1 aromatic heterocycles. The summed E-state index contributed by atoms with van der Waals surface area (Å²) in [7, 11) is 0. The largest absolute Gasteiger partial charge is 0.368 e. The van der Waals surface area contributed by atoms with E-state index in [4.69, 9.17) is 27.9 Å². The molecule has 2 saturated heterocycles. The molecule has 6 rings (SSSR count). The highest BCUT2D eigenvalue weighted by Gasteiger charge is 2.45. The van der Waals surface area contributed by atoms with Crippen LogP contribution in [-0.2, 0) is 16.1 Å². The summed E-state index contributed by atoms with van der Waals surface area (Å²) in [5, 5.41) is 5.24. The Morgan fingerprint density at radius 2 is 1.78 bits per heavy atom. The number of fused-ring (bicyclic) bond motifs is 2. The molecule has 2 aliphatic heterocycles. The smallest absolute Gasteiger partial charge is 0.254 e. The van der Waals surface area contributed by atoms with Crippen molar-refractivity contribution in [1.29, 1.82) is 0 Å². The summed E-state index contributed by atoms with van der Waals surface area (Å²) in [5.41, 5.74) is 5.00. The van der Waals surface area contributed by atoms with Crippen molar-refractivity contribution in [3.8, 4) is 0 Å². The molecule has 216 valence electrons. The maximum absolute atomic E-state index is 13.6. The molecule has 2 bridgehead atoms. The van der Waals surface area contributed by atoms with Crippen molar-refractivity contribution in [2.75, 3.05) is 32.8 Å². The molecule has 9 heteroatoms. The number of nitrogens with zero attached hydrogens (tertiary/aromatic N) is 3. The number of likely N-dealkylation sites (tertiary alicyclic amines) is 1. The second-order valence-electron chi connectivity index (χ2n) is 11.7. The molecule has 3 heterocycles. The molecule has 6 nitrogen and oxygen atoms in total. The first kappa shape index (κ1) is 28.7. The predicted molar refractivity (Wildman–Crippen MR) is 164 cm³/mol. The highest BCUT2D eigenvalue weighted by molar-refractivity contribution is 7.07. The molecule has 3 aliphatic rings. The fraction of sp³-hybridized carbons (Fsp3) is 0.438. The number of piperazine rings is 1. The number of rotatable bonds is 7. The standard InChI is InChI=1S/C32H35Cl2N3O3S/c1-20-9-21(2)11-24(10-20)32(39)35-6-7-37(29(17-35)23-3-4-27(33)28(34)13-23)31(38)18-40-30-14-26-12-25(30)16-36(26)15-22-5-8-41-19-22/h3-5,8-11,13,19,25-26,29-30H,6-7,12,14-18H2,1-2H3. The first-order valence-electron chi connectivity index (χ1n) is 14.2. The number of halogens is 2. The average molecular weight is 613 g/mol. The third kappa shape index (κ3) is 6.20. The van der Waals surface area contributed by atoms with E-state index >= 15 is 0 Å². The van der Waals surface area contributed by atoms with Crippen LogP contribution in [-0.4, -0.2) is 71.4 Å². The number of piperidine rings is 1. The van der Waals surface area contributed by atoms with Gasteiger partial charge in [0.1, 0.15) is 6.61 Å². The summed E-state index contributed by atoms with van der Waals surface area (Å²) in [6.45, 7) is 7.31. The summed E-state index contributed by atoms with van der Waals surface area (Å²) >= 11 is 14.3. The van der Waals surface area contributed by atoms with Crippen molar-refractivity contribution in [2.45, 2.75) is 51.4 Å². The van der Waals surface area contributed by atoms with Gasteiger partial charge in [-0.25, -0.2) is 0 Å². The SMILES string of the molecule is Cc1cc(C)cc(C(=O)N2CCN(C(=O)COC3CC4CC3CN4Cc3ccsc3)C(c3ccc(Cl)c(Cl)c3)C2)c1. The molecule has 3 aromatic rings. The minimum atomic E-state index is -0.342. The Labute approximate surface area is 255 Å². The summed E-state index contributed by atoms with van der Waals surface area (Å²) in [6.07, 6.45) is 2.21. The second kappa shape index (κ2) is 12.1. The quantitative estimate of drug-likeness (QED) is 0.311. The van der Waals surface area contributed by atoms with Gasteiger partial charge in [0.2, 0.25) is 5.91 Å². The average Bonchev–Trinajstić information content (AvgIpc) is 3.70. The van der Waals surface area contributed by atoms with Crippen LogP contribution >= 0.6 is 34.5 Å². The van der Waals surface area contributed by atoms with Gasteiger partial charge in [-0.15, -0.1) is 0 Å². The Kier molecular flexibility index (Phi) is 8.44. The van der Waals surface area contributed by atoms with Crippen LogP contribution < -0.4 is 0 Å². The normalized spacial score (nSPS) is 24.3. The molecule has 41 heavy (non-hydrogen) atoms. The Morgan fingerprint density at radius 1 is 0.976 bits per heavy atom. The zero-order valence-electron chi connectivity index (χ0n) is 23.4. The molecule has 1 aliphatic carbocycles. The van der Waals surface area contributed by atoms with Crippen LogP contribution in [0.4, 0.5) is 0 Å². The molecule has 4 unspecified atom stereocenters. The van der Waals surface area contributed by atoms with E-state index in [1.54, 1.807) is 23.5 Å². The molecular formula is C32H35Cl2N3O3S. The summed E-state index contributed by atoms with van der Waals surface area (Å²) in [5.74, 6) is 0.376. The number of thiophene rings is 1. The predicted octanol–water partition coefficient (Wildman–Crippen LogP) is 6.38. The number of carbonyl (C=O) groups is 2. The zero-order chi connectivity index (χ0) is 28.7. The Morgan fingerprint density at radius 3 is 2.46 bits per heavy atom. The van der Waals surface area contributed by atoms with E-state index < -0.39 is 0 Å². The number of amides is 2. The molecule has 3 fully saturated rings. The molecule has 2 amide bonds. The van der Waals surface area contributed by atoms with Gasteiger partial charge in [0, 0.05) is 44.3 Å². The van der Waals surface area contributed by atoms with Gasteiger partial charge in [-0.05, 0) is 84.8 Å². The van der Waals surface area contributed by atoms with Crippen LogP contribution in [0, 0.1) is 19.8 Å². The zero-order valence-corrected chi connectivity index (χ0v) is 25.7. The van der Waals surface area contributed by atoms with Gasteiger partial charge in [-0.2, -0.15) is 11.3 Å². The van der Waals surface area contributed by atoms with Crippen molar-refractivity contribution in [3.63, 3.8) is 0 Å². The van der Waals surface area contributed by atoms with Crippen molar-refractivity contribution in [1.82, 2.24) is 14.7 Å². The lowest BCUT2D eigenvalue weighted by Gasteiger charge is -2.42. The Hall–Kier alpha value is -2.42. The summed E-state index contributed by atoms with van der Waals surface area (Å²) < 4.78 is 6.29. The van der Waals surface area contributed by atoms with E-state index in [0.29, 0.717) is 47.2 Å². The van der Waals surface area contributed by atoms with E-state index in [1.165, 1.54) is 5.56 Å². The lowest BCUT2D eigenvalue weighted by atomic mass is 10.0. The first-order chi connectivity index (χ1) is 19.7. The highest BCUT2D eigenvalue weighted by Crippen LogP contribution is 2.40. The molecule has 4 atom stereocenters. The number of hydrogen-bond acceptors (Lipinski definition) is 5. The minimum Gasteiger partial charge on any atom is -0.368 e. The minimum absolute atomic E-state index is 0.0285. The van der Waals surface area contributed by atoms with Crippen LogP contribution in [0.5, 0.6) is 0 Å². The van der Waals surface area contributed by atoms with E-state index in [1.807, 2.05) is 41.8 Å². The number of benzene rings is 2. The molecular weight excluding hydrogens is 577 g/mol. The Balaban J connectivity index is 1.12. The van der Waals surface area contributed by atoms with Crippen LogP contribution in [0.1, 0.15) is 51.5 Å². The molecule has 2 aromatic carbocycles. The van der Waals surface area contributed by atoms with Crippen molar-refractivity contribution in [3.05, 3.63) is 91.1 Å². The highest BCUT2D eigenvalue weighted by atomic mass is 35.5. The van der Waals surface area contributed by atoms with Gasteiger partial charge < -0.3 is 14.5 Å². The maximum Gasteiger partial charge on any atom is 0.254 e. The Bertz CT molecular complexity index is 1410. The van der Waals surface area contributed by atoms with Gasteiger partial charge in [0.15, 0.2) is 0 Å².